The largest absolute Gasteiger partial charge is 0.469 e. The second kappa shape index (κ2) is 8.81. The fraction of sp³-hybridized carbons (Fsp3) is 0.765. The van der Waals surface area contributed by atoms with Gasteiger partial charge in [0.15, 0.2) is 0 Å². The first-order valence-electron chi connectivity index (χ1n) is 8.43. The molecule has 0 radical (unpaired) electrons. The monoisotopic (exact) mass is 309 g/mol. The van der Waals surface area contributed by atoms with E-state index in [9.17, 15) is 9.59 Å². The van der Waals surface area contributed by atoms with Crippen molar-refractivity contribution in [1.29, 1.82) is 0 Å². The molecule has 0 aliphatic carbocycles. The lowest BCUT2D eigenvalue weighted by Gasteiger charge is -2.18. The first-order valence-corrected chi connectivity index (χ1v) is 8.43. The zero-order valence-corrected chi connectivity index (χ0v) is 13.6. The third-order valence-corrected chi connectivity index (χ3v) is 4.46. The minimum atomic E-state index is -0.130. The van der Waals surface area contributed by atoms with Gasteiger partial charge < -0.3 is 14.4 Å². The number of rotatable bonds is 9. The number of ether oxygens (including phenoxy) is 2. The van der Waals surface area contributed by atoms with Crippen LogP contribution in [0.25, 0.3) is 0 Å². The predicted molar refractivity (Wildman–Crippen MR) is 83.1 cm³/mol. The number of carbonyl (C=O) groups is 2. The number of likely N-dealkylation sites (tertiary alicyclic amines) is 1. The van der Waals surface area contributed by atoms with Crippen molar-refractivity contribution in [2.24, 2.45) is 0 Å². The van der Waals surface area contributed by atoms with Gasteiger partial charge in [0.25, 0.3) is 0 Å². The highest BCUT2D eigenvalue weighted by atomic mass is 16.5. The Hall–Kier alpha value is -1.52. The Morgan fingerprint density at radius 3 is 2.55 bits per heavy atom. The molecule has 0 saturated carbocycles. The van der Waals surface area contributed by atoms with Gasteiger partial charge in [-0.1, -0.05) is 19.3 Å². The van der Waals surface area contributed by atoms with Crippen LogP contribution in [-0.4, -0.2) is 43.6 Å². The molecule has 2 aliphatic heterocycles. The van der Waals surface area contributed by atoms with Gasteiger partial charge in [-0.25, -0.2) is 4.79 Å². The van der Waals surface area contributed by atoms with Crippen LogP contribution in [0.2, 0.25) is 0 Å². The number of nitrogens with zero attached hydrogens (tertiary/aromatic N) is 1. The molecule has 5 heteroatoms. The molecule has 5 nitrogen and oxygen atoms in total. The summed E-state index contributed by atoms with van der Waals surface area (Å²) in [5, 5.41) is 0. The summed E-state index contributed by atoms with van der Waals surface area (Å²) in [5.41, 5.74) is 2.03. The number of hydrogen-bond donors (Lipinski definition) is 0. The molecular formula is C17H27NO4. The van der Waals surface area contributed by atoms with Crippen LogP contribution in [0.3, 0.4) is 0 Å². The van der Waals surface area contributed by atoms with Gasteiger partial charge in [0.05, 0.1) is 18.4 Å². The van der Waals surface area contributed by atoms with Gasteiger partial charge in [-0.05, 0) is 32.1 Å². The normalized spacial score (nSPS) is 18.0. The minimum Gasteiger partial charge on any atom is -0.469 e. The van der Waals surface area contributed by atoms with Crippen LogP contribution >= 0.6 is 0 Å². The maximum atomic E-state index is 11.9. The molecule has 0 atom stereocenters. The summed E-state index contributed by atoms with van der Waals surface area (Å²) in [6.45, 7) is 2.58. The molecule has 0 aromatic carbocycles. The summed E-state index contributed by atoms with van der Waals surface area (Å²) in [7, 11) is 1.43. The van der Waals surface area contributed by atoms with Gasteiger partial charge in [-0.2, -0.15) is 0 Å². The Balaban J connectivity index is 1.65. The zero-order valence-electron chi connectivity index (χ0n) is 13.6. The van der Waals surface area contributed by atoms with E-state index in [0.29, 0.717) is 13.0 Å². The molecule has 2 heterocycles. The Morgan fingerprint density at radius 2 is 1.82 bits per heavy atom. The lowest BCUT2D eigenvalue weighted by Crippen LogP contribution is -2.20. The van der Waals surface area contributed by atoms with E-state index in [1.54, 1.807) is 0 Å². The van der Waals surface area contributed by atoms with Crippen molar-refractivity contribution < 1.29 is 19.1 Å². The molecule has 0 spiro atoms. The summed E-state index contributed by atoms with van der Waals surface area (Å²) < 4.78 is 9.84. The Kier molecular flexibility index (Phi) is 6.74. The molecule has 2 aliphatic rings. The molecule has 0 N–H and O–H groups in total. The predicted octanol–water partition coefficient (Wildman–Crippen LogP) is 2.80. The fourth-order valence-electron chi connectivity index (χ4n) is 3.15. The Labute approximate surface area is 132 Å². The third-order valence-electron chi connectivity index (χ3n) is 4.46. The average molecular weight is 309 g/mol. The van der Waals surface area contributed by atoms with Crippen LogP contribution in [0.1, 0.15) is 57.8 Å². The Bertz CT molecular complexity index is 424. The lowest BCUT2D eigenvalue weighted by atomic mass is 10.0. The van der Waals surface area contributed by atoms with Crippen molar-refractivity contribution in [3.63, 3.8) is 0 Å². The molecule has 2 rings (SSSR count). The molecule has 124 valence electrons. The maximum Gasteiger partial charge on any atom is 0.336 e. The van der Waals surface area contributed by atoms with E-state index in [4.69, 9.17) is 4.74 Å². The topological polar surface area (TPSA) is 55.8 Å². The average Bonchev–Trinajstić information content (AvgIpc) is 3.16. The van der Waals surface area contributed by atoms with Crippen LogP contribution < -0.4 is 0 Å². The second-order valence-electron chi connectivity index (χ2n) is 6.04. The van der Waals surface area contributed by atoms with Gasteiger partial charge in [0.1, 0.15) is 6.61 Å². The van der Waals surface area contributed by atoms with E-state index >= 15 is 0 Å². The summed E-state index contributed by atoms with van der Waals surface area (Å²) in [5.74, 6) is -0.248. The van der Waals surface area contributed by atoms with Crippen LogP contribution in [0.4, 0.5) is 0 Å². The SMILES string of the molecule is COC(=O)CCCCCCCC1=C(N2CCCC2)COC1=O. The molecule has 0 unspecified atom stereocenters. The van der Waals surface area contributed by atoms with E-state index in [-0.39, 0.29) is 11.9 Å². The zero-order chi connectivity index (χ0) is 15.8. The third kappa shape index (κ3) is 4.75. The van der Waals surface area contributed by atoms with Crippen LogP contribution in [0.5, 0.6) is 0 Å². The van der Waals surface area contributed by atoms with Crippen molar-refractivity contribution in [3.8, 4) is 0 Å². The molecule has 0 bridgehead atoms. The second-order valence-corrected chi connectivity index (χ2v) is 6.04. The molecule has 0 aromatic rings. The highest BCUT2D eigenvalue weighted by Crippen LogP contribution is 2.27. The molecule has 0 amide bonds. The van der Waals surface area contributed by atoms with Crippen molar-refractivity contribution in [1.82, 2.24) is 4.90 Å². The number of hydrogen-bond acceptors (Lipinski definition) is 5. The summed E-state index contributed by atoms with van der Waals surface area (Å²) >= 11 is 0. The fourth-order valence-corrected chi connectivity index (χ4v) is 3.15. The lowest BCUT2D eigenvalue weighted by molar-refractivity contribution is -0.140. The number of carbonyl (C=O) groups excluding carboxylic acids is 2. The molecule has 1 fully saturated rings. The summed E-state index contributed by atoms with van der Waals surface area (Å²) in [6.07, 6.45) is 8.88. The van der Waals surface area contributed by atoms with E-state index in [1.165, 1.54) is 20.0 Å². The number of cyclic esters (lactones) is 1. The van der Waals surface area contributed by atoms with Gasteiger partial charge in [-0.15, -0.1) is 0 Å². The van der Waals surface area contributed by atoms with Crippen LogP contribution in [0, 0.1) is 0 Å². The first-order chi connectivity index (χ1) is 10.7. The number of esters is 2. The summed E-state index contributed by atoms with van der Waals surface area (Å²) in [4.78, 5) is 25.2. The smallest absolute Gasteiger partial charge is 0.336 e. The van der Waals surface area contributed by atoms with Gasteiger partial charge in [0, 0.05) is 19.5 Å². The number of methoxy groups -OCH3 is 1. The molecular weight excluding hydrogens is 282 g/mol. The minimum absolute atomic E-state index is 0.118. The highest BCUT2D eigenvalue weighted by molar-refractivity contribution is 5.91. The van der Waals surface area contributed by atoms with E-state index < -0.39 is 0 Å². The van der Waals surface area contributed by atoms with Crippen molar-refractivity contribution in [2.75, 3.05) is 26.8 Å². The quantitative estimate of drug-likeness (QED) is 0.484. The van der Waals surface area contributed by atoms with Crippen LogP contribution in [-0.2, 0) is 19.1 Å². The van der Waals surface area contributed by atoms with Crippen molar-refractivity contribution in [3.05, 3.63) is 11.3 Å². The number of unbranched alkanes of at least 4 members (excludes halogenated alkanes) is 4. The highest BCUT2D eigenvalue weighted by Gasteiger charge is 2.29. The van der Waals surface area contributed by atoms with E-state index in [2.05, 4.69) is 9.64 Å². The van der Waals surface area contributed by atoms with E-state index in [1.807, 2.05) is 0 Å². The first kappa shape index (κ1) is 16.8. The van der Waals surface area contributed by atoms with Crippen molar-refractivity contribution in [2.45, 2.75) is 57.8 Å². The summed E-state index contributed by atoms with van der Waals surface area (Å²) in [6, 6.07) is 0. The van der Waals surface area contributed by atoms with Gasteiger partial charge in [0.2, 0.25) is 0 Å². The Morgan fingerprint density at radius 1 is 1.14 bits per heavy atom. The maximum absolute atomic E-state index is 11.9. The van der Waals surface area contributed by atoms with Crippen LogP contribution in [0.15, 0.2) is 11.3 Å². The molecule has 0 aromatic heterocycles. The van der Waals surface area contributed by atoms with Crippen molar-refractivity contribution >= 4 is 11.9 Å². The molecule has 1 saturated heterocycles. The van der Waals surface area contributed by atoms with Gasteiger partial charge in [-0.3, -0.25) is 4.79 Å². The van der Waals surface area contributed by atoms with E-state index in [0.717, 1.165) is 62.9 Å². The molecule has 22 heavy (non-hydrogen) atoms. The standard InChI is InChI=1S/C17H27NO4/c1-21-16(19)10-6-4-2-3-5-9-14-15(13-22-17(14)20)18-11-7-8-12-18/h2-13H2,1H3. The van der Waals surface area contributed by atoms with Gasteiger partial charge >= 0.3 is 11.9 Å².